The molecule has 1 saturated heterocycles. The Morgan fingerprint density at radius 1 is 1.50 bits per heavy atom. The Hall–Kier alpha value is -1.83. The van der Waals surface area contributed by atoms with Gasteiger partial charge in [-0.05, 0) is 37.1 Å². The first kappa shape index (κ1) is 14.6. The molecule has 1 amide bonds. The maximum Gasteiger partial charge on any atom is 0.251 e. The number of benzene rings is 1. The van der Waals surface area contributed by atoms with Crippen molar-refractivity contribution in [2.75, 3.05) is 26.3 Å². The van der Waals surface area contributed by atoms with Gasteiger partial charge in [0.2, 0.25) is 0 Å². The van der Waals surface area contributed by atoms with Gasteiger partial charge in [0.25, 0.3) is 5.91 Å². The lowest BCUT2D eigenvalue weighted by Crippen LogP contribution is -2.29. The zero-order valence-corrected chi connectivity index (χ0v) is 11.7. The van der Waals surface area contributed by atoms with Gasteiger partial charge in [-0.2, -0.15) is 0 Å². The van der Waals surface area contributed by atoms with Crippen molar-refractivity contribution in [1.82, 2.24) is 5.32 Å². The predicted molar refractivity (Wildman–Crippen MR) is 78.4 cm³/mol. The molecule has 20 heavy (non-hydrogen) atoms. The first-order chi connectivity index (χ1) is 9.69. The van der Waals surface area contributed by atoms with E-state index in [9.17, 15) is 4.79 Å². The van der Waals surface area contributed by atoms with Gasteiger partial charge in [-0.1, -0.05) is 11.8 Å². The number of carbonyl (C=O) groups is 1. The summed E-state index contributed by atoms with van der Waals surface area (Å²) in [7, 11) is 0. The molecule has 1 aliphatic rings. The molecule has 4 nitrogen and oxygen atoms in total. The van der Waals surface area contributed by atoms with Crippen molar-refractivity contribution in [3.63, 3.8) is 0 Å². The summed E-state index contributed by atoms with van der Waals surface area (Å²) < 4.78 is 5.30. The summed E-state index contributed by atoms with van der Waals surface area (Å²) in [5.74, 6) is 6.14. The van der Waals surface area contributed by atoms with E-state index in [-0.39, 0.29) is 5.91 Å². The molecular weight excluding hydrogens is 252 g/mol. The Morgan fingerprint density at radius 3 is 3.05 bits per heavy atom. The maximum atomic E-state index is 12.2. The molecule has 1 fully saturated rings. The number of hydrogen-bond donors (Lipinski definition) is 2. The average Bonchev–Trinajstić information content (AvgIpc) is 2.95. The van der Waals surface area contributed by atoms with Crippen LogP contribution in [-0.4, -0.2) is 32.2 Å². The Balaban J connectivity index is 2.02. The minimum absolute atomic E-state index is 0.0589. The second-order valence-corrected chi connectivity index (χ2v) is 5.03. The van der Waals surface area contributed by atoms with Crippen molar-refractivity contribution in [3.05, 3.63) is 34.9 Å². The van der Waals surface area contributed by atoms with E-state index < -0.39 is 0 Å². The number of amides is 1. The van der Waals surface area contributed by atoms with Crippen molar-refractivity contribution in [3.8, 4) is 11.8 Å². The van der Waals surface area contributed by atoms with Crippen LogP contribution in [0.25, 0.3) is 0 Å². The van der Waals surface area contributed by atoms with E-state index in [1.807, 2.05) is 19.1 Å². The van der Waals surface area contributed by atoms with Crippen LogP contribution >= 0.6 is 0 Å². The number of ether oxygens (including phenoxy) is 1. The molecule has 1 aromatic carbocycles. The Kier molecular flexibility index (Phi) is 5.16. The summed E-state index contributed by atoms with van der Waals surface area (Å²) in [5.41, 5.74) is 7.85. The smallest absolute Gasteiger partial charge is 0.251 e. The molecule has 1 atom stereocenters. The lowest BCUT2D eigenvalue weighted by molar-refractivity contribution is 0.0945. The highest BCUT2D eigenvalue weighted by Crippen LogP contribution is 2.12. The van der Waals surface area contributed by atoms with E-state index in [2.05, 4.69) is 17.2 Å². The molecule has 1 aromatic rings. The molecular formula is C16H20N2O2. The number of carbonyl (C=O) groups excluding carboxylic acids is 1. The van der Waals surface area contributed by atoms with Gasteiger partial charge in [0.05, 0.1) is 13.2 Å². The maximum absolute atomic E-state index is 12.2. The molecule has 2 rings (SSSR count). The van der Waals surface area contributed by atoms with Crippen LogP contribution in [0.5, 0.6) is 0 Å². The summed E-state index contributed by atoms with van der Waals surface area (Å²) >= 11 is 0. The topological polar surface area (TPSA) is 64.4 Å². The number of hydrogen-bond acceptors (Lipinski definition) is 3. The minimum Gasteiger partial charge on any atom is -0.381 e. The molecule has 0 aliphatic carbocycles. The SMILES string of the molecule is Cc1cc(C#CCN)cc(C(=O)NCC2CCOC2)c1. The van der Waals surface area contributed by atoms with Crippen LogP contribution < -0.4 is 11.1 Å². The number of nitrogens with two attached hydrogens (primary N) is 1. The van der Waals surface area contributed by atoms with E-state index in [0.29, 0.717) is 24.6 Å². The fourth-order valence-corrected chi connectivity index (χ4v) is 2.22. The zero-order valence-electron chi connectivity index (χ0n) is 11.7. The van der Waals surface area contributed by atoms with Crippen molar-refractivity contribution >= 4 is 5.91 Å². The van der Waals surface area contributed by atoms with Gasteiger partial charge >= 0.3 is 0 Å². The van der Waals surface area contributed by atoms with Crippen molar-refractivity contribution in [2.24, 2.45) is 11.7 Å². The van der Waals surface area contributed by atoms with E-state index in [0.717, 1.165) is 30.8 Å². The van der Waals surface area contributed by atoms with Crippen molar-refractivity contribution < 1.29 is 9.53 Å². The molecule has 4 heteroatoms. The summed E-state index contributed by atoms with van der Waals surface area (Å²) in [6.07, 6.45) is 1.02. The molecule has 0 aromatic heterocycles. The molecule has 1 aliphatic heterocycles. The van der Waals surface area contributed by atoms with Crippen molar-refractivity contribution in [2.45, 2.75) is 13.3 Å². The lowest BCUT2D eigenvalue weighted by Gasteiger charge is -2.10. The highest BCUT2D eigenvalue weighted by atomic mass is 16.5. The lowest BCUT2D eigenvalue weighted by atomic mass is 10.1. The Labute approximate surface area is 119 Å². The third-order valence-corrected chi connectivity index (χ3v) is 3.25. The molecule has 0 radical (unpaired) electrons. The van der Waals surface area contributed by atoms with Crippen LogP contribution in [0, 0.1) is 24.7 Å². The van der Waals surface area contributed by atoms with Gasteiger partial charge in [-0.25, -0.2) is 0 Å². The number of rotatable bonds is 3. The van der Waals surface area contributed by atoms with E-state index in [1.165, 1.54) is 0 Å². The van der Waals surface area contributed by atoms with Crippen molar-refractivity contribution in [1.29, 1.82) is 0 Å². The van der Waals surface area contributed by atoms with Crippen LogP contribution in [0.15, 0.2) is 18.2 Å². The first-order valence-electron chi connectivity index (χ1n) is 6.85. The van der Waals surface area contributed by atoms with Crippen LogP contribution in [0.1, 0.15) is 27.9 Å². The first-order valence-corrected chi connectivity index (χ1v) is 6.85. The highest BCUT2D eigenvalue weighted by molar-refractivity contribution is 5.94. The van der Waals surface area contributed by atoms with E-state index in [1.54, 1.807) is 6.07 Å². The largest absolute Gasteiger partial charge is 0.381 e. The Morgan fingerprint density at radius 2 is 2.35 bits per heavy atom. The zero-order chi connectivity index (χ0) is 14.4. The fraction of sp³-hybridized carbons (Fsp3) is 0.438. The monoisotopic (exact) mass is 272 g/mol. The molecule has 1 unspecified atom stereocenters. The van der Waals surface area contributed by atoms with E-state index in [4.69, 9.17) is 10.5 Å². The molecule has 106 valence electrons. The van der Waals surface area contributed by atoms with Gasteiger partial charge in [-0.3, -0.25) is 4.79 Å². The third kappa shape index (κ3) is 4.09. The molecule has 0 saturated carbocycles. The molecule has 3 N–H and O–H groups in total. The quantitative estimate of drug-likeness (QED) is 0.809. The van der Waals surface area contributed by atoms with Gasteiger partial charge in [0.15, 0.2) is 0 Å². The Bertz CT molecular complexity index is 537. The normalized spacial score (nSPS) is 17.4. The standard InChI is InChI=1S/C16H20N2O2/c1-12-7-13(3-2-5-17)9-15(8-12)16(19)18-10-14-4-6-20-11-14/h7-9,14H,4-6,10-11,17H2,1H3,(H,18,19). The number of nitrogens with one attached hydrogen (secondary N) is 1. The van der Waals surface area contributed by atoms with Crippen LogP contribution in [0.4, 0.5) is 0 Å². The van der Waals surface area contributed by atoms with Crippen LogP contribution in [-0.2, 0) is 4.74 Å². The summed E-state index contributed by atoms with van der Waals surface area (Å²) in [5, 5.41) is 2.96. The van der Waals surface area contributed by atoms with Gasteiger partial charge in [0.1, 0.15) is 0 Å². The minimum atomic E-state index is -0.0589. The van der Waals surface area contributed by atoms with Gasteiger partial charge in [-0.15, -0.1) is 0 Å². The van der Waals surface area contributed by atoms with Gasteiger partial charge < -0.3 is 15.8 Å². The summed E-state index contributed by atoms with van der Waals surface area (Å²) in [6, 6.07) is 5.62. The molecule has 0 spiro atoms. The second-order valence-electron chi connectivity index (χ2n) is 5.03. The summed E-state index contributed by atoms with van der Waals surface area (Å²) in [6.45, 7) is 4.47. The van der Waals surface area contributed by atoms with Crippen LogP contribution in [0.2, 0.25) is 0 Å². The predicted octanol–water partition coefficient (Wildman–Crippen LogP) is 1.07. The van der Waals surface area contributed by atoms with Gasteiger partial charge in [0, 0.05) is 30.2 Å². The summed E-state index contributed by atoms with van der Waals surface area (Å²) in [4.78, 5) is 12.2. The fourth-order valence-electron chi connectivity index (χ4n) is 2.22. The highest BCUT2D eigenvalue weighted by Gasteiger charge is 2.16. The van der Waals surface area contributed by atoms with E-state index >= 15 is 0 Å². The third-order valence-electron chi connectivity index (χ3n) is 3.25. The second kappa shape index (κ2) is 7.09. The average molecular weight is 272 g/mol. The molecule has 1 heterocycles. The van der Waals surface area contributed by atoms with Crippen LogP contribution in [0.3, 0.4) is 0 Å². The molecule has 0 bridgehead atoms. The number of aryl methyl sites for hydroxylation is 1.